The van der Waals surface area contributed by atoms with Gasteiger partial charge in [-0.1, -0.05) is 41.9 Å². The topological polar surface area (TPSA) is 58.7 Å². The second-order valence-electron chi connectivity index (χ2n) is 9.83. The highest BCUT2D eigenvalue weighted by Gasteiger charge is 2.27. The molecule has 3 aromatic heterocycles. The molecular weight excluding hydrogens is 504 g/mol. The van der Waals surface area contributed by atoms with Crippen LogP contribution in [0.25, 0.3) is 21.7 Å². The lowest BCUT2D eigenvalue weighted by molar-refractivity contribution is 0.243. The van der Waals surface area contributed by atoms with E-state index in [2.05, 4.69) is 30.5 Å². The predicted octanol–water partition coefficient (Wildman–Crippen LogP) is 4.95. The van der Waals surface area contributed by atoms with Crippen LogP contribution in [0.15, 0.2) is 59.4 Å². The monoisotopic (exact) mass is 530 g/mol. The van der Waals surface area contributed by atoms with Crippen LogP contribution in [0.1, 0.15) is 29.1 Å². The van der Waals surface area contributed by atoms with E-state index in [0.29, 0.717) is 12.3 Å². The summed E-state index contributed by atoms with van der Waals surface area (Å²) in [7, 11) is 0. The summed E-state index contributed by atoms with van der Waals surface area (Å²) in [6, 6.07) is 17.9. The summed E-state index contributed by atoms with van der Waals surface area (Å²) in [6.45, 7) is 4.29. The number of aryl methyl sites for hydroxylation is 2. The molecule has 7 nitrogen and oxygen atoms in total. The maximum absolute atomic E-state index is 13.9. The van der Waals surface area contributed by atoms with Gasteiger partial charge in [0, 0.05) is 31.1 Å². The zero-order valence-electron chi connectivity index (χ0n) is 20.4. The van der Waals surface area contributed by atoms with E-state index in [1.807, 2.05) is 48.5 Å². The molecule has 1 fully saturated rings. The van der Waals surface area contributed by atoms with Crippen LogP contribution in [0.4, 0.5) is 5.69 Å². The lowest BCUT2D eigenvalue weighted by Gasteiger charge is -2.36. The first-order chi connectivity index (χ1) is 18.2. The number of piperazine rings is 1. The van der Waals surface area contributed by atoms with Gasteiger partial charge in [-0.15, -0.1) is 21.5 Å². The second-order valence-corrected chi connectivity index (χ2v) is 11.3. The molecule has 1 saturated heterocycles. The Morgan fingerprint density at radius 1 is 0.892 bits per heavy atom. The highest BCUT2D eigenvalue weighted by molar-refractivity contribution is 7.18. The zero-order chi connectivity index (χ0) is 24.9. The van der Waals surface area contributed by atoms with E-state index >= 15 is 0 Å². The van der Waals surface area contributed by atoms with Crippen molar-refractivity contribution in [2.45, 2.75) is 32.2 Å². The largest absolute Gasteiger partial charge is 0.368 e. The van der Waals surface area contributed by atoms with Crippen LogP contribution < -0.4 is 10.5 Å². The quantitative estimate of drug-likeness (QED) is 0.329. The van der Waals surface area contributed by atoms with Crippen LogP contribution in [-0.4, -0.2) is 50.2 Å². The summed E-state index contributed by atoms with van der Waals surface area (Å²) < 4.78 is 3.89. The first kappa shape index (κ1) is 23.0. The van der Waals surface area contributed by atoms with Gasteiger partial charge in [-0.05, 0) is 55.5 Å². The predicted molar refractivity (Wildman–Crippen MR) is 150 cm³/mol. The van der Waals surface area contributed by atoms with Gasteiger partial charge < -0.3 is 4.90 Å². The SMILES string of the molecule is O=c1c2c3c(sc2n2c(CN4CCN(c5ccccc5Cl)CC4)nnc2n1-c1ccccc1)CCCC3. The molecular formula is C28H27ClN6OS. The Morgan fingerprint density at radius 3 is 2.46 bits per heavy atom. The van der Waals surface area contributed by atoms with Gasteiger partial charge in [0.15, 0.2) is 5.82 Å². The molecule has 1 aliphatic carbocycles. The molecule has 7 rings (SSSR count). The molecule has 2 aromatic carbocycles. The number of hydrogen-bond acceptors (Lipinski definition) is 6. The number of nitrogens with zero attached hydrogens (tertiary/aromatic N) is 6. The number of benzene rings is 2. The van der Waals surface area contributed by atoms with Crippen molar-refractivity contribution < 1.29 is 0 Å². The van der Waals surface area contributed by atoms with E-state index in [1.54, 1.807) is 15.9 Å². The van der Waals surface area contributed by atoms with Crippen molar-refractivity contribution in [2.24, 2.45) is 0 Å². The molecule has 0 bridgehead atoms. The molecule has 5 aromatic rings. The van der Waals surface area contributed by atoms with Crippen molar-refractivity contribution in [1.82, 2.24) is 24.1 Å². The summed E-state index contributed by atoms with van der Waals surface area (Å²) in [5.41, 5.74) is 3.16. The molecule has 0 atom stereocenters. The minimum absolute atomic E-state index is 0.0143. The van der Waals surface area contributed by atoms with Gasteiger partial charge in [0.1, 0.15) is 4.83 Å². The Morgan fingerprint density at radius 2 is 1.65 bits per heavy atom. The van der Waals surface area contributed by atoms with E-state index in [1.165, 1.54) is 16.9 Å². The average molecular weight is 531 g/mol. The smallest absolute Gasteiger partial charge is 0.268 e. The molecule has 0 N–H and O–H groups in total. The number of thiophene rings is 1. The highest BCUT2D eigenvalue weighted by Crippen LogP contribution is 2.36. The van der Waals surface area contributed by atoms with E-state index in [0.717, 1.165) is 77.9 Å². The van der Waals surface area contributed by atoms with Gasteiger partial charge in [0.05, 0.1) is 28.3 Å². The van der Waals surface area contributed by atoms with Crippen LogP contribution in [0, 0.1) is 0 Å². The average Bonchev–Trinajstić information content (AvgIpc) is 3.52. The van der Waals surface area contributed by atoms with Crippen LogP contribution >= 0.6 is 22.9 Å². The first-order valence-electron chi connectivity index (χ1n) is 12.9. The Kier molecular flexibility index (Phi) is 5.75. The summed E-state index contributed by atoms with van der Waals surface area (Å²) in [4.78, 5) is 21.0. The number of para-hydroxylation sites is 2. The van der Waals surface area contributed by atoms with Crippen LogP contribution in [0.3, 0.4) is 0 Å². The third-order valence-corrected chi connectivity index (χ3v) is 9.23. The second kappa shape index (κ2) is 9.28. The van der Waals surface area contributed by atoms with E-state index < -0.39 is 0 Å². The Bertz CT molecular complexity index is 1670. The van der Waals surface area contributed by atoms with Gasteiger partial charge in [-0.2, -0.15) is 0 Å². The fourth-order valence-electron chi connectivity index (χ4n) is 5.76. The molecule has 188 valence electrons. The van der Waals surface area contributed by atoms with Crippen LogP contribution in [0.2, 0.25) is 5.02 Å². The normalized spacial score (nSPS) is 16.5. The van der Waals surface area contributed by atoms with E-state index in [-0.39, 0.29) is 5.56 Å². The van der Waals surface area contributed by atoms with Crippen molar-refractivity contribution >= 4 is 44.6 Å². The standard InChI is InChI=1S/C28H27ClN6OS/c29-21-11-5-6-12-22(21)33-16-14-32(15-17-33)18-24-30-31-28-34(19-8-2-1-3-9-19)26(36)25-20-10-4-7-13-23(20)37-27(25)35(24)28/h1-3,5-6,8-9,11-12H,4,7,10,13-18H2. The molecule has 1 aliphatic heterocycles. The molecule has 0 radical (unpaired) electrons. The maximum atomic E-state index is 13.9. The number of halogens is 1. The molecule has 4 heterocycles. The molecule has 0 unspecified atom stereocenters. The van der Waals surface area contributed by atoms with Crippen molar-refractivity contribution in [1.29, 1.82) is 0 Å². The number of fused-ring (bicyclic) bond motifs is 5. The summed E-state index contributed by atoms with van der Waals surface area (Å²) in [5.74, 6) is 1.47. The summed E-state index contributed by atoms with van der Waals surface area (Å²) >= 11 is 8.20. The summed E-state index contributed by atoms with van der Waals surface area (Å²) in [6.07, 6.45) is 4.32. The summed E-state index contributed by atoms with van der Waals surface area (Å²) in [5, 5.41) is 10.9. The Balaban J connectivity index is 1.29. The Hall–Kier alpha value is -3.20. The van der Waals surface area contributed by atoms with Crippen molar-refractivity contribution in [2.75, 3.05) is 31.1 Å². The number of aromatic nitrogens is 4. The highest BCUT2D eigenvalue weighted by atomic mass is 35.5. The van der Waals surface area contributed by atoms with Gasteiger partial charge in [0.2, 0.25) is 5.78 Å². The third-order valence-electron chi connectivity index (χ3n) is 7.63. The molecule has 37 heavy (non-hydrogen) atoms. The Labute approximate surface area is 223 Å². The zero-order valence-corrected chi connectivity index (χ0v) is 22.0. The first-order valence-corrected chi connectivity index (χ1v) is 14.1. The fraction of sp³-hybridized carbons (Fsp3) is 0.321. The molecule has 2 aliphatic rings. The molecule has 0 amide bonds. The minimum atomic E-state index is 0.0143. The van der Waals surface area contributed by atoms with E-state index in [9.17, 15) is 4.79 Å². The van der Waals surface area contributed by atoms with Crippen molar-refractivity contribution in [3.63, 3.8) is 0 Å². The van der Waals surface area contributed by atoms with E-state index in [4.69, 9.17) is 11.6 Å². The van der Waals surface area contributed by atoms with Gasteiger partial charge in [-0.25, -0.2) is 4.57 Å². The van der Waals surface area contributed by atoms with Crippen molar-refractivity contribution in [3.05, 3.63) is 86.2 Å². The van der Waals surface area contributed by atoms with Gasteiger partial charge in [0.25, 0.3) is 5.56 Å². The van der Waals surface area contributed by atoms with Crippen molar-refractivity contribution in [3.8, 4) is 5.69 Å². The van der Waals surface area contributed by atoms with Gasteiger partial charge >= 0.3 is 0 Å². The fourth-order valence-corrected chi connectivity index (χ4v) is 7.41. The lowest BCUT2D eigenvalue weighted by Crippen LogP contribution is -2.46. The lowest BCUT2D eigenvalue weighted by atomic mass is 9.97. The number of rotatable bonds is 4. The molecule has 0 saturated carbocycles. The third kappa shape index (κ3) is 3.86. The molecule has 0 spiro atoms. The maximum Gasteiger partial charge on any atom is 0.268 e. The number of anilines is 1. The number of hydrogen-bond donors (Lipinski definition) is 0. The minimum Gasteiger partial charge on any atom is -0.368 e. The van der Waals surface area contributed by atoms with Crippen LogP contribution in [0.5, 0.6) is 0 Å². The molecule has 9 heteroatoms. The van der Waals surface area contributed by atoms with Gasteiger partial charge in [-0.3, -0.25) is 14.1 Å². The van der Waals surface area contributed by atoms with Crippen LogP contribution in [-0.2, 0) is 19.4 Å².